The standard InChI is InChI=1S/C46H49N7O9/c1-6-29-31-17-28(9-10-36(31)50-42-33(29)21-52-38(42)19-35(46(5,60)7-2)34(44(52)58)22-61-24-54)62-23-41(57)49-13-15-51-14-12-26-16-27(8-11-37(26)51)53(45(48)59)43(47)32-18-30(25(3)4)39(55)20-40(32)56/h8-12,14,16-20,24-25,47,55-56,60H,6-7,13,15,21-23H2,1-5H3,(H2,48,59)(H,49,57). The van der Waals surface area contributed by atoms with Gasteiger partial charge in [0.25, 0.3) is 17.9 Å². The Hall–Kier alpha value is -7.20. The van der Waals surface area contributed by atoms with Crippen LogP contribution in [0.3, 0.4) is 0 Å². The third kappa shape index (κ3) is 7.91. The van der Waals surface area contributed by atoms with E-state index in [0.29, 0.717) is 58.9 Å². The van der Waals surface area contributed by atoms with E-state index < -0.39 is 11.6 Å². The highest BCUT2D eigenvalue weighted by Gasteiger charge is 2.33. The van der Waals surface area contributed by atoms with Gasteiger partial charge in [-0.15, -0.1) is 0 Å². The van der Waals surface area contributed by atoms with Gasteiger partial charge in [-0.3, -0.25) is 19.8 Å². The lowest BCUT2D eigenvalue weighted by molar-refractivity contribution is -0.130. The van der Waals surface area contributed by atoms with Crippen LogP contribution in [0.2, 0.25) is 0 Å². The molecule has 0 fully saturated rings. The fourth-order valence-corrected chi connectivity index (χ4v) is 8.12. The van der Waals surface area contributed by atoms with E-state index in [0.717, 1.165) is 38.4 Å². The highest BCUT2D eigenvalue weighted by Crippen LogP contribution is 2.40. The molecule has 322 valence electrons. The Balaban J connectivity index is 1.02. The van der Waals surface area contributed by atoms with Crippen molar-refractivity contribution in [2.24, 2.45) is 5.73 Å². The smallest absolute Gasteiger partial charge is 0.325 e. The second-order valence-electron chi connectivity index (χ2n) is 15.8. The molecule has 7 N–H and O–H groups in total. The quantitative estimate of drug-likeness (QED) is 0.0408. The highest BCUT2D eigenvalue weighted by atomic mass is 16.5. The number of amides is 3. The van der Waals surface area contributed by atoms with E-state index in [1.165, 1.54) is 6.07 Å². The maximum atomic E-state index is 13.8. The van der Waals surface area contributed by atoms with Crippen LogP contribution in [0.1, 0.15) is 80.3 Å². The number of hydrogen-bond donors (Lipinski definition) is 6. The van der Waals surface area contributed by atoms with Crippen LogP contribution in [0.25, 0.3) is 33.2 Å². The number of carbonyl (C=O) groups excluding carboxylic acids is 3. The van der Waals surface area contributed by atoms with Crippen LogP contribution >= 0.6 is 0 Å². The molecule has 0 aliphatic carbocycles. The number of urea groups is 1. The molecule has 3 aromatic carbocycles. The van der Waals surface area contributed by atoms with Gasteiger partial charge in [-0.05, 0) is 97.0 Å². The lowest BCUT2D eigenvalue weighted by atomic mass is 9.89. The van der Waals surface area contributed by atoms with Gasteiger partial charge in [0.1, 0.15) is 29.7 Å². The number of amidine groups is 1. The largest absolute Gasteiger partial charge is 0.508 e. The Bertz CT molecular complexity index is 2840. The van der Waals surface area contributed by atoms with Crippen LogP contribution in [-0.2, 0) is 46.0 Å². The van der Waals surface area contributed by atoms with Crippen LogP contribution in [0, 0.1) is 5.41 Å². The van der Waals surface area contributed by atoms with Crippen LogP contribution in [0.15, 0.2) is 71.7 Å². The minimum Gasteiger partial charge on any atom is -0.508 e. The monoisotopic (exact) mass is 843 g/mol. The Morgan fingerprint density at radius 2 is 1.84 bits per heavy atom. The molecule has 1 atom stereocenters. The summed E-state index contributed by atoms with van der Waals surface area (Å²) in [5.41, 5.74) is 10.1. The number of phenols is 2. The van der Waals surface area contributed by atoms with E-state index in [2.05, 4.69) is 5.32 Å². The lowest BCUT2D eigenvalue weighted by Crippen LogP contribution is -2.41. The minimum atomic E-state index is -1.34. The second kappa shape index (κ2) is 17.0. The van der Waals surface area contributed by atoms with Crippen molar-refractivity contribution in [3.05, 3.63) is 111 Å². The number of aryl methyl sites for hydroxylation is 1. The number of aliphatic hydroxyl groups is 1. The Labute approximate surface area is 356 Å². The average Bonchev–Trinajstić information content (AvgIpc) is 3.82. The van der Waals surface area contributed by atoms with Gasteiger partial charge in [0.2, 0.25) is 0 Å². The molecule has 1 unspecified atom stereocenters. The first-order valence-corrected chi connectivity index (χ1v) is 20.3. The number of primary amides is 1. The number of anilines is 1. The molecule has 0 bridgehead atoms. The van der Waals surface area contributed by atoms with Gasteiger partial charge in [0.15, 0.2) is 6.61 Å². The van der Waals surface area contributed by atoms with Crippen molar-refractivity contribution >= 4 is 51.7 Å². The van der Waals surface area contributed by atoms with Crippen molar-refractivity contribution < 1.29 is 39.2 Å². The van der Waals surface area contributed by atoms with Gasteiger partial charge in [-0.25, -0.2) is 14.7 Å². The highest BCUT2D eigenvalue weighted by molar-refractivity contribution is 6.22. The average molecular weight is 844 g/mol. The number of ether oxygens (including phenoxy) is 2. The number of nitrogens with zero attached hydrogens (tertiary/aromatic N) is 4. The van der Waals surface area contributed by atoms with Crippen molar-refractivity contribution in [1.29, 1.82) is 5.41 Å². The predicted octanol–water partition coefficient (Wildman–Crippen LogP) is 5.87. The summed E-state index contributed by atoms with van der Waals surface area (Å²) < 4.78 is 14.4. The summed E-state index contributed by atoms with van der Waals surface area (Å²) in [7, 11) is 0. The van der Waals surface area contributed by atoms with Gasteiger partial charge in [-0.2, -0.15) is 0 Å². The number of nitrogens with one attached hydrogen (secondary N) is 2. The topological polar surface area (TPSA) is 235 Å². The van der Waals surface area contributed by atoms with Crippen molar-refractivity contribution in [2.75, 3.05) is 18.1 Å². The summed E-state index contributed by atoms with van der Waals surface area (Å²) in [6.45, 7) is 9.92. The summed E-state index contributed by atoms with van der Waals surface area (Å²) in [4.78, 5) is 56.4. The Morgan fingerprint density at radius 3 is 2.53 bits per heavy atom. The van der Waals surface area contributed by atoms with Gasteiger partial charge in [0, 0.05) is 47.2 Å². The second-order valence-corrected chi connectivity index (χ2v) is 15.8. The first-order chi connectivity index (χ1) is 29.6. The number of carbonyl (C=O) groups is 3. The summed E-state index contributed by atoms with van der Waals surface area (Å²) in [6, 6.07) is 15.8. The van der Waals surface area contributed by atoms with Crippen molar-refractivity contribution in [3.63, 3.8) is 0 Å². The fraction of sp³-hybridized carbons (Fsp3) is 0.304. The molecule has 3 aromatic heterocycles. The molecule has 16 heteroatoms. The normalized spacial score (nSPS) is 12.8. The van der Waals surface area contributed by atoms with Crippen molar-refractivity contribution in [2.45, 2.75) is 78.7 Å². The number of phenolic OH excluding ortho intramolecular Hbond substituents is 2. The molecule has 1 aliphatic heterocycles. The van der Waals surface area contributed by atoms with Gasteiger partial charge in [0.05, 0.1) is 45.9 Å². The number of nitrogens with two attached hydrogens (primary N) is 1. The molecule has 4 heterocycles. The zero-order chi connectivity index (χ0) is 44.6. The molecule has 0 saturated heterocycles. The first kappa shape index (κ1) is 42.9. The molecule has 6 aromatic rings. The third-order valence-electron chi connectivity index (χ3n) is 11.6. The first-order valence-electron chi connectivity index (χ1n) is 20.3. The third-order valence-corrected chi connectivity index (χ3v) is 11.6. The minimum absolute atomic E-state index is 0.0390. The molecule has 0 spiro atoms. The number of aromatic nitrogens is 3. The number of rotatable bonds is 15. The maximum absolute atomic E-state index is 13.8. The van der Waals surface area contributed by atoms with E-state index >= 15 is 0 Å². The summed E-state index contributed by atoms with van der Waals surface area (Å²) in [5.74, 6) is -0.800. The van der Waals surface area contributed by atoms with E-state index in [4.69, 9.17) is 25.6 Å². The summed E-state index contributed by atoms with van der Waals surface area (Å²) in [6.07, 6.45) is 2.80. The number of benzene rings is 3. The summed E-state index contributed by atoms with van der Waals surface area (Å²) in [5, 5.41) is 45.3. The molecule has 16 nitrogen and oxygen atoms in total. The Morgan fingerprint density at radius 1 is 1.06 bits per heavy atom. The Kier molecular flexibility index (Phi) is 11.8. The van der Waals surface area contributed by atoms with E-state index in [1.54, 1.807) is 41.8 Å². The van der Waals surface area contributed by atoms with Crippen LogP contribution in [0.4, 0.5) is 10.5 Å². The molecular formula is C46H49N7O9. The molecule has 7 rings (SSSR count). The molecular weight excluding hydrogens is 795 g/mol. The SMILES string of the molecule is CCc1c2c(nc3ccc(OCC(=O)NCCn4ccc5cc(N(C(=N)c6cc(C(C)C)c(O)cc6O)C(N)=O)ccc54)cc13)-c1cc(C(C)(O)CC)c(COC=O)c(=O)n1C2. The number of pyridine rings is 2. The summed E-state index contributed by atoms with van der Waals surface area (Å²) >= 11 is 0. The zero-order valence-corrected chi connectivity index (χ0v) is 35.1. The fourth-order valence-electron chi connectivity index (χ4n) is 8.12. The maximum Gasteiger partial charge on any atom is 0.325 e. The van der Waals surface area contributed by atoms with Crippen molar-refractivity contribution in [1.82, 2.24) is 19.4 Å². The lowest BCUT2D eigenvalue weighted by Gasteiger charge is -2.25. The number of hydrogen-bond acceptors (Lipinski definition) is 11. The van der Waals surface area contributed by atoms with Crippen LogP contribution < -0.4 is 26.2 Å². The molecule has 1 aliphatic rings. The molecule has 0 radical (unpaired) electrons. The van der Waals surface area contributed by atoms with E-state index in [9.17, 15) is 34.5 Å². The van der Waals surface area contributed by atoms with E-state index in [1.807, 2.05) is 56.7 Å². The molecule has 3 amide bonds. The van der Waals surface area contributed by atoms with Gasteiger partial charge >= 0.3 is 6.03 Å². The predicted molar refractivity (Wildman–Crippen MR) is 234 cm³/mol. The number of aromatic hydroxyl groups is 2. The zero-order valence-electron chi connectivity index (χ0n) is 35.1. The van der Waals surface area contributed by atoms with Crippen LogP contribution in [0.5, 0.6) is 17.2 Å². The van der Waals surface area contributed by atoms with Crippen molar-refractivity contribution in [3.8, 4) is 28.6 Å². The van der Waals surface area contributed by atoms with Crippen LogP contribution in [-0.4, -0.2) is 66.8 Å². The van der Waals surface area contributed by atoms with Gasteiger partial charge in [-0.1, -0.05) is 27.7 Å². The number of fused-ring (bicyclic) bond motifs is 5. The molecule has 62 heavy (non-hydrogen) atoms. The molecule has 0 saturated carbocycles. The van der Waals surface area contributed by atoms with Gasteiger partial charge < -0.3 is 45.0 Å². The van der Waals surface area contributed by atoms with E-state index in [-0.39, 0.29) is 78.6 Å².